The van der Waals surface area contributed by atoms with E-state index in [4.69, 9.17) is 14.5 Å². The molecule has 2 heterocycles. The minimum Gasteiger partial charge on any atom is -0.493 e. The van der Waals surface area contributed by atoms with E-state index in [-0.39, 0.29) is 22.6 Å². The summed E-state index contributed by atoms with van der Waals surface area (Å²) in [5, 5.41) is 3.67. The van der Waals surface area contributed by atoms with Gasteiger partial charge in [0.1, 0.15) is 11.6 Å². The molecule has 3 aromatic rings. The quantitative estimate of drug-likeness (QED) is 0.331. The molecular formula is C28H28FN3O4S. The zero-order valence-corrected chi connectivity index (χ0v) is 21.9. The lowest BCUT2D eigenvalue weighted by Crippen LogP contribution is -2.37. The van der Waals surface area contributed by atoms with E-state index in [2.05, 4.69) is 10.3 Å². The number of Topliss-reactive ketones (excluding diaryl/α,β-unsaturated/α-hetero) is 1. The van der Waals surface area contributed by atoms with Crippen LogP contribution in [0.4, 0.5) is 10.2 Å². The minimum absolute atomic E-state index is 0.0170. The zero-order chi connectivity index (χ0) is 26.3. The minimum atomic E-state index is -0.679. The number of ether oxygens (including phenoxy) is 2. The molecule has 0 spiro atoms. The molecule has 9 heteroatoms. The average Bonchev–Trinajstić information content (AvgIpc) is 2.85. The first kappa shape index (κ1) is 25.1. The van der Waals surface area contributed by atoms with Crippen LogP contribution < -0.4 is 20.3 Å². The molecule has 7 nitrogen and oxygen atoms in total. The topological polar surface area (TPSA) is 93.3 Å². The van der Waals surface area contributed by atoms with Crippen LogP contribution in [-0.2, 0) is 10.5 Å². The number of allylic oxidation sites excluding steroid dienone is 2. The van der Waals surface area contributed by atoms with E-state index < -0.39 is 5.92 Å². The molecular weight excluding hydrogens is 493 g/mol. The Bertz CT molecular complexity index is 1480. The second-order valence-corrected chi connectivity index (χ2v) is 11.0. The standard InChI is InChI=1S/C28H28FN3O4S/c1-28(2)12-18-22(19(33)13-28)21(16-9-7-11-20(35-3)24(16)36-4)23-25(30-18)31-27(32-26(23)34)37-14-15-8-5-6-10-17(15)29/h5-11,21H,12-14H2,1-4H3,(H2,30,31,32,34)/t21-/m1/s1. The first-order valence-electron chi connectivity index (χ1n) is 12.0. The maximum atomic E-state index is 14.1. The van der Waals surface area contributed by atoms with Gasteiger partial charge in [0.05, 0.1) is 25.7 Å². The lowest BCUT2D eigenvalue weighted by atomic mass is 9.69. The highest BCUT2D eigenvalue weighted by molar-refractivity contribution is 7.98. The number of ketones is 1. The van der Waals surface area contributed by atoms with Gasteiger partial charge in [-0.05, 0) is 29.5 Å². The van der Waals surface area contributed by atoms with Gasteiger partial charge < -0.3 is 19.8 Å². The third kappa shape index (κ3) is 4.64. The molecule has 1 aromatic heterocycles. The maximum Gasteiger partial charge on any atom is 0.257 e. The Morgan fingerprint density at radius 1 is 1.08 bits per heavy atom. The van der Waals surface area contributed by atoms with Gasteiger partial charge in [-0.25, -0.2) is 9.37 Å². The molecule has 2 aliphatic rings. The number of fused-ring (bicyclic) bond motifs is 1. The predicted molar refractivity (Wildman–Crippen MR) is 141 cm³/mol. The van der Waals surface area contributed by atoms with Crippen molar-refractivity contribution >= 4 is 23.4 Å². The number of carbonyl (C=O) groups excluding carboxylic acids is 1. The Morgan fingerprint density at radius 3 is 2.59 bits per heavy atom. The number of hydrogen-bond donors (Lipinski definition) is 2. The molecule has 0 unspecified atom stereocenters. The molecule has 0 saturated carbocycles. The number of aromatic amines is 1. The van der Waals surface area contributed by atoms with E-state index in [9.17, 15) is 14.0 Å². The van der Waals surface area contributed by atoms with Gasteiger partial charge in [-0.2, -0.15) is 0 Å². The molecule has 2 aromatic carbocycles. The number of nitrogens with zero attached hydrogens (tertiary/aromatic N) is 1. The van der Waals surface area contributed by atoms with Crippen LogP contribution in [-0.4, -0.2) is 30.0 Å². The first-order valence-corrected chi connectivity index (χ1v) is 13.0. The summed E-state index contributed by atoms with van der Waals surface area (Å²) >= 11 is 1.24. The van der Waals surface area contributed by atoms with Crippen LogP contribution in [0.15, 0.2) is 63.7 Å². The summed E-state index contributed by atoms with van der Waals surface area (Å²) in [7, 11) is 3.08. The number of anilines is 1. The monoisotopic (exact) mass is 521 g/mol. The van der Waals surface area contributed by atoms with E-state index in [0.717, 1.165) is 5.70 Å². The van der Waals surface area contributed by atoms with Crippen LogP contribution in [0.5, 0.6) is 11.5 Å². The summed E-state index contributed by atoms with van der Waals surface area (Å²) in [6.45, 7) is 4.10. The van der Waals surface area contributed by atoms with Crippen molar-refractivity contribution in [2.24, 2.45) is 5.41 Å². The molecule has 0 saturated heterocycles. The number of benzene rings is 2. The van der Waals surface area contributed by atoms with Crippen molar-refractivity contribution in [3.05, 3.63) is 86.6 Å². The number of thioether (sulfide) groups is 1. The van der Waals surface area contributed by atoms with Gasteiger partial charge in [-0.3, -0.25) is 9.59 Å². The molecule has 192 valence electrons. The second-order valence-electron chi connectivity index (χ2n) is 9.99. The molecule has 37 heavy (non-hydrogen) atoms. The van der Waals surface area contributed by atoms with Crippen molar-refractivity contribution in [3.63, 3.8) is 0 Å². The fraction of sp³-hybridized carbons (Fsp3) is 0.321. The van der Waals surface area contributed by atoms with E-state index in [0.29, 0.717) is 63.3 Å². The second kappa shape index (κ2) is 9.70. The van der Waals surface area contributed by atoms with E-state index in [1.165, 1.54) is 24.9 Å². The fourth-order valence-electron chi connectivity index (χ4n) is 5.17. The number of carbonyl (C=O) groups is 1. The van der Waals surface area contributed by atoms with Crippen LogP contribution in [0.25, 0.3) is 0 Å². The summed E-state index contributed by atoms with van der Waals surface area (Å²) in [5.74, 6) is 0.659. The largest absolute Gasteiger partial charge is 0.493 e. The van der Waals surface area contributed by atoms with Gasteiger partial charge in [-0.1, -0.05) is 55.9 Å². The van der Waals surface area contributed by atoms with Gasteiger partial charge in [0, 0.05) is 29.0 Å². The van der Waals surface area contributed by atoms with E-state index >= 15 is 0 Å². The number of halogens is 1. The Labute approximate surface area is 218 Å². The Hall–Kier alpha value is -3.59. The molecule has 0 amide bonds. The van der Waals surface area contributed by atoms with Crippen LogP contribution in [0.2, 0.25) is 0 Å². The van der Waals surface area contributed by atoms with E-state index in [1.54, 1.807) is 31.4 Å². The third-order valence-corrected chi connectivity index (χ3v) is 7.69. The highest BCUT2D eigenvalue weighted by Crippen LogP contribution is 2.50. The molecule has 1 aliphatic carbocycles. The summed E-state index contributed by atoms with van der Waals surface area (Å²) in [5.41, 5.74) is 2.21. The maximum absolute atomic E-state index is 14.1. The SMILES string of the molecule is COc1cccc([C@@H]2C3=C(CC(C)(C)CC3=O)Nc3nc(SCc4ccccc4F)[nH]c(=O)c32)c1OC. The highest BCUT2D eigenvalue weighted by Gasteiger charge is 2.43. The molecule has 5 rings (SSSR count). The number of nitrogens with one attached hydrogen (secondary N) is 2. The number of rotatable bonds is 6. The molecule has 1 atom stereocenters. The highest BCUT2D eigenvalue weighted by atomic mass is 32.2. The summed E-state index contributed by atoms with van der Waals surface area (Å²) < 4.78 is 25.3. The first-order chi connectivity index (χ1) is 17.7. The molecule has 0 fully saturated rings. The number of aromatic nitrogens is 2. The fourth-order valence-corrected chi connectivity index (χ4v) is 6.02. The number of para-hydroxylation sites is 1. The number of methoxy groups -OCH3 is 2. The molecule has 0 radical (unpaired) electrons. The summed E-state index contributed by atoms with van der Waals surface area (Å²) in [6.07, 6.45) is 0.996. The summed E-state index contributed by atoms with van der Waals surface area (Å²) in [6, 6.07) is 12.0. The average molecular weight is 522 g/mol. The smallest absolute Gasteiger partial charge is 0.257 e. The molecule has 1 aliphatic heterocycles. The molecule has 0 bridgehead atoms. The number of H-pyrrole nitrogens is 1. The third-order valence-electron chi connectivity index (χ3n) is 6.77. The van der Waals surface area contributed by atoms with Crippen LogP contribution in [0, 0.1) is 11.2 Å². The Kier molecular flexibility index (Phi) is 6.58. The summed E-state index contributed by atoms with van der Waals surface area (Å²) in [4.78, 5) is 34.7. The lowest BCUT2D eigenvalue weighted by molar-refractivity contribution is -0.118. The van der Waals surface area contributed by atoms with Crippen LogP contribution >= 0.6 is 11.8 Å². The van der Waals surface area contributed by atoms with Gasteiger partial charge in [-0.15, -0.1) is 0 Å². The van der Waals surface area contributed by atoms with E-state index in [1.807, 2.05) is 26.0 Å². The van der Waals surface area contributed by atoms with Crippen LogP contribution in [0.1, 0.15) is 49.3 Å². The number of hydrogen-bond acceptors (Lipinski definition) is 7. The molecule has 2 N–H and O–H groups in total. The van der Waals surface area contributed by atoms with Crippen LogP contribution in [0.3, 0.4) is 0 Å². The van der Waals surface area contributed by atoms with Gasteiger partial charge in [0.2, 0.25) is 0 Å². The Balaban J connectivity index is 1.65. The van der Waals surface area contributed by atoms with Crippen molar-refractivity contribution < 1.29 is 18.7 Å². The van der Waals surface area contributed by atoms with Gasteiger partial charge in [0.15, 0.2) is 22.4 Å². The van der Waals surface area contributed by atoms with Crippen molar-refractivity contribution in [2.45, 2.75) is 43.5 Å². The lowest BCUT2D eigenvalue weighted by Gasteiger charge is -2.38. The van der Waals surface area contributed by atoms with Crippen molar-refractivity contribution in [2.75, 3.05) is 19.5 Å². The van der Waals surface area contributed by atoms with Gasteiger partial charge in [0.25, 0.3) is 5.56 Å². The van der Waals surface area contributed by atoms with Crippen molar-refractivity contribution in [1.29, 1.82) is 0 Å². The predicted octanol–water partition coefficient (Wildman–Crippen LogP) is 5.42. The Morgan fingerprint density at radius 2 is 1.86 bits per heavy atom. The van der Waals surface area contributed by atoms with Crippen molar-refractivity contribution in [1.82, 2.24) is 9.97 Å². The van der Waals surface area contributed by atoms with Crippen molar-refractivity contribution in [3.8, 4) is 11.5 Å². The van der Waals surface area contributed by atoms with Gasteiger partial charge >= 0.3 is 0 Å². The zero-order valence-electron chi connectivity index (χ0n) is 21.1. The normalized spacial score (nSPS) is 18.1.